The highest BCUT2D eigenvalue weighted by molar-refractivity contribution is 7.23. The van der Waals surface area contributed by atoms with Gasteiger partial charge in [0.15, 0.2) is 6.61 Å². The van der Waals surface area contributed by atoms with Gasteiger partial charge in [-0.1, -0.05) is 0 Å². The Morgan fingerprint density at radius 3 is 2.71 bits per heavy atom. The predicted octanol–water partition coefficient (Wildman–Crippen LogP) is 1.47. The predicted molar refractivity (Wildman–Crippen MR) is 91.3 cm³/mol. The van der Waals surface area contributed by atoms with Crippen LogP contribution in [0.3, 0.4) is 0 Å². The number of primary amides is 1. The van der Waals surface area contributed by atoms with Gasteiger partial charge in [-0.2, -0.15) is 0 Å². The minimum absolute atomic E-state index is 0.0300. The molecule has 0 saturated heterocycles. The van der Waals surface area contributed by atoms with E-state index in [4.69, 9.17) is 10.5 Å². The van der Waals surface area contributed by atoms with Gasteiger partial charge in [0, 0.05) is 23.1 Å². The highest BCUT2D eigenvalue weighted by Crippen LogP contribution is 2.39. The van der Waals surface area contributed by atoms with Crippen molar-refractivity contribution in [3.63, 3.8) is 0 Å². The summed E-state index contributed by atoms with van der Waals surface area (Å²) in [7, 11) is 1.53. The Kier molecular flexibility index (Phi) is 4.39. The Bertz CT molecular complexity index is 826. The van der Waals surface area contributed by atoms with Gasteiger partial charge >= 0.3 is 0 Å². The number of amides is 3. The number of nitrogens with two attached hydrogens (primary N) is 1. The maximum absolute atomic E-state index is 12.0. The molecule has 24 heavy (non-hydrogen) atoms. The molecule has 1 aliphatic carbocycles. The van der Waals surface area contributed by atoms with Crippen LogP contribution < -0.4 is 21.1 Å². The summed E-state index contributed by atoms with van der Waals surface area (Å²) in [6.45, 7) is -0.0959. The van der Waals surface area contributed by atoms with Crippen LogP contribution in [0, 0.1) is 5.92 Å². The van der Waals surface area contributed by atoms with E-state index in [2.05, 4.69) is 10.6 Å². The smallest absolute Gasteiger partial charge is 0.257 e. The maximum atomic E-state index is 12.0. The summed E-state index contributed by atoms with van der Waals surface area (Å²) < 4.78 is 6.15. The zero-order valence-corrected chi connectivity index (χ0v) is 13.9. The second-order valence-corrected chi connectivity index (χ2v) is 6.61. The highest BCUT2D eigenvalue weighted by Gasteiger charge is 2.31. The number of nitrogens with one attached hydrogen (secondary N) is 2. The average molecular weight is 347 g/mol. The van der Waals surface area contributed by atoms with Crippen molar-refractivity contribution < 1.29 is 19.1 Å². The molecule has 0 unspecified atom stereocenters. The van der Waals surface area contributed by atoms with E-state index >= 15 is 0 Å². The van der Waals surface area contributed by atoms with Crippen LogP contribution >= 0.6 is 11.3 Å². The molecule has 1 heterocycles. The Morgan fingerprint density at radius 1 is 1.33 bits per heavy atom. The van der Waals surface area contributed by atoms with Crippen LogP contribution in [0.2, 0.25) is 0 Å². The Labute approximate surface area is 142 Å². The summed E-state index contributed by atoms with van der Waals surface area (Å²) in [4.78, 5) is 35.0. The molecule has 2 aromatic rings. The molecular weight excluding hydrogens is 330 g/mol. The summed E-state index contributed by atoms with van der Waals surface area (Å²) in [5, 5.41) is 6.38. The second kappa shape index (κ2) is 6.48. The minimum atomic E-state index is -0.591. The molecule has 0 spiro atoms. The van der Waals surface area contributed by atoms with E-state index in [1.807, 2.05) is 0 Å². The third-order valence-electron chi connectivity index (χ3n) is 3.74. The molecule has 1 aromatic carbocycles. The molecule has 3 rings (SSSR count). The van der Waals surface area contributed by atoms with Crippen molar-refractivity contribution >= 4 is 44.1 Å². The number of carbonyl (C=O) groups excluding carboxylic acids is 3. The summed E-state index contributed by atoms with van der Waals surface area (Å²) in [5.41, 5.74) is 5.79. The number of fused-ring (bicyclic) bond motifs is 1. The van der Waals surface area contributed by atoms with Gasteiger partial charge in [0.2, 0.25) is 5.91 Å². The van der Waals surface area contributed by atoms with Crippen LogP contribution in [0.15, 0.2) is 18.2 Å². The quantitative estimate of drug-likeness (QED) is 0.735. The van der Waals surface area contributed by atoms with E-state index in [9.17, 15) is 14.4 Å². The maximum Gasteiger partial charge on any atom is 0.257 e. The van der Waals surface area contributed by atoms with E-state index < -0.39 is 5.91 Å². The molecule has 4 N–H and O–H groups in total. The summed E-state index contributed by atoms with van der Waals surface area (Å²) in [6, 6.07) is 5.09. The summed E-state index contributed by atoms with van der Waals surface area (Å²) >= 11 is 1.27. The molecule has 126 valence electrons. The molecule has 1 aromatic heterocycles. The largest absolute Gasteiger partial charge is 0.484 e. The number of rotatable bonds is 6. The zero-order valence-electron chi connectivity index (χ0n) is 13.0. The molecule has 0 bridgehead atoms. The lowest BCUT2D eigenvalue weighted by atomic mass is 10.1. The van der Waals surface area contributed by atoms with Gasteiger partial charge < -0.3 is 21.1 Å². The SMILES string of the molecule is CNC(=O)COc1ccc2c(C(N)=O)c(NC(=O)C3CC3)sc2c1. The number of hydrogen-bond acceptors (Lipinski definition) is 5. The van der Waals surface area contributed by atoms with Crippen LogP contribution in [0.25, 0.3) is 10.1 Å². The first-order valence-electron chi connectivity index (χ1n) is 7.50. The Hall–Kier alpha value is -2.61. The molecule has 0 atom stereocenters. The number of thiophene rings is 1. The topological polar surface area (TPSA) is 111 Å². The van der Waals surface area contributed by atoms with E-state index in [1.165, 1.54) is 18.4 Å². The first-order chi connectivity index (χ1) is 11.5. The summed E-state index contributed by atoms with van der Waals surface area (Å²) in [5.74, 6) is -0.381. The van der Waals surface area contributed by atoms with Crippen LogP contribution in [0.1, 0.15) is 23.2 Å². The lowest BCUT2D eigenvalue weighted by Gasteiger charge is -2.05. The van der Waals surface area contributed by atoms with E-state index in [0.29, 0.717) is 21.7 Å². The fraction of sp³-hybridized carbons (Fsp3) is 0.312. The molecule has 1 fully saturated rings. The van der Waals surface area contributed by atoms with E-state index in [-0.39, 0.29) is 24.3 Å². The standard InChI is InChI=1S/C16H17N3O4S/c1-18-12(20)7-23-9-4-5-10-11(6-9)24-16(13(10)14(17)21)19-15(22)8-2-3-8/h4-6,8H,2-3,7H2,1H3,(H2,17,21)(H,18,20)(H,19,22). The third-order valence-corrected chi connectivity index (χ3v) is 4.81. The molecular formula is C16H17N3O4S. The van der Waals surface area contributed by atoms with Crippen molar-refractivity contribution in [1.29, 1.82) is 0 Å². The molecule has 0 aliphatic heterocycles. The third kappa shape index (κ3) is 3.33. The van der Waals surface area contributed by atoms with Crippen LogP contribution in [-0.4, -0.2) is 31.4 Å². The average Bonchev–Trinajstić information content (AvgIpc) is 3.34. The first-order valence-corrected chi connectivity index (χ1v) is 8.32. The monoisotopic (exact) mass is 347 g/mol. The van der Waals surface area contributed by atoms with Crippen LogP contribution in [-0.2, 0) is 9.59 Å². The van der Waals surface area contributed by atoms with E-state index in [0.717, 1.165) is 17.5 Å². The van der Waals surface area contributed by atoms with Crippen molar-refractivity contribution in [3.8, 4) is 5.75 Å². The number of hydrogen-bond donors (Lipinski definition) is 3. The van der Waals surface area contributed by atoms with Gasteiger partial charge in [-0.15, -0.1) is 11.3 Å². The molecule has 1 aliphatic rings. The van der Waals surface area contributed by atoms with Crippen molar-refractivity contribution in [2.45, 2.75) is 12.8 Å². The first kappa shape index (κ1) is 16.3. The van der Waals surface area contributed by atoms with Crippen molar-refractivity contribution in [2.24, 2.45) is 11.7 Å². The van der Waals surface area contributed by atoms with E-state index in [1.54, 1.807) is 18.2 Å². The van der Waals surface area contributed by atoms with Gasteiger partial charge in [-0.25, -0.2) is 0 Å². The molecule has 3 amide bonds. The molecule has 7 nitrogen and oxygen atoms in total. The van der Waals surface area contributed by atoms with Crippen LogP contribution in [0.4, 0.5) is 5.00 Å². The summed E-state index contributed by atoms with van der Waals surface area (Å²) in [6.07, 6.45) is 1.75. The fourth-order valence-electron chi connectivity index (χ4n) is 2.28. The highest BCUT2D eigenvalue weighted by atomic mass is 32.1. The lowest BCUT2D eigenvalue weighted by Crippen LogP contribution is -2.24. The van der Waals surface area contributed by atoms with Gasteiger partial charge in [-0.05, 0) is 31.0 Å². The van der Waals surface area contributed by atoms with Gasteiger partial charge in [0.25, 0.3) is 11.8 Å². The lowest BCUT2D eigenvalue weighted by molar-refractivity contribution is -0.122. The number of ether oxygens (including phenoxy) is 1. The number of likely N-dealkylation sites (N-methyl/N-ethyl adjacent to an activating group) is 1. The number of carbonyl (C=O) groups is 3. The normalized spacial score (nSPS) is 13.5. The van der Waals surface area contributed by atoms with Crippen molar-refractivity contribution in [2.75, 3.05) is 19.0 Å². The minimum Gasteiger partial charge on any atom is -0.484 e. The van der Waals surface area contributed by atoms with Gasteiger partial charge in [-0.3, -0.25) is 14.4 Å². The molecule has 1 saturated carbocycles. The zero-order chi connectivity index (χ0) is 17.3. The van der Waals surface area contributed by atoms with Crippen LogP contribution in [0.5, 0.6) is 5.75 Å². The van der Waals surface area contributed by atoms with Crippen molar-refractivity contribution in [3.05, 3.63) is 23.8 Å². The Balaban J connectivity index is 1.90. The fourth-order valence-corrected chi connectivity index (χ4v) is 3.42. The second-order valence-electron chi connectivity index (χ2n) is 5.55. The van der Waals surface area contributed by atoms with Gasteiger partial charge in [0.05, 0.1) is 5.56 Å². The number of anilines is 1. The molecule has 8 heteroatoms. The van der Waals surface area contributed by atoms with Gasteiger partial charge in [0.1, 0.15) is 10.8 Å². The Morgan fingerprint density at radius 2 is 2.08 bits per heavy atom. The van der Waals surface area contributed by atoms with Crippen molar-refractivity contribution in [1.82, 2.24) is 5.32 Å². The molecule has 0 radical (unpaired) electrons. The number of benzene rings is 1.